The van der Waals surface area contributed by atoms with Gasteiger partial charge in [-0.2, -0.15) is 5.10 Å². The van der Waals surface area contributed by atoms with Gasteiger partial charge in [-0.1, -0.05) is 0 Å². The van der Waals surface area contributed by atoms with Crippen LogP contribution in [-0.4, -0.2) is 30.1 Å². The number of pyridine rings is 3. The molecule has 0 saturated carbocycles. The predicted molar refractivity (Wildman–Crippen MR) is 92.2 cm³/mol. The van der Waals surface area contributed by atoms with Crippen LogP contribution in [0.2, 0.25) is 0 Å². The third-order valence-electron chi connectivity index (χ3n) is 4.04. The second kappa shape index (κ2) is 4.99. The molecular formula is C18H12N6. The molecule has 0 fully saturated rings. The molecule has 0 spiro atoms. The molecule has 0 aliphatic carbocycles. The van der Waals surface area contributed by atoms with Gasteiger partial charge in [0, 0.05) is 29.5 Å². The van der Waals surface area contributed by atoms with Gasteiger partial charge in [-0.15, -0.1) is 0 Å². The fraction of sp³-hybridized carbons (Fsp3) is 0. The van der Waals surface area contributed by atoms with Crippen LogP contribution in [-0.2, 0) is 0 Å². The first-order chi connectivity index (χ1) is 11.9. The van der Waals surface area contributed by atoms with Gasteiger partial charge < -0.3 is 4.98 Å². The first-order valence-electron chi connectivity index (χ1n) is 7.57. The monoisotopic (exact) mass is 312 g/mol. The smallest absolute Gasteiger partial charge is 0.135 e. The van der Waals surface area contributed by atoms with Crippen LogP contribution < -0.4 is 0 Å². The second-order valence-electron chi connectivity index (χ2n) is 5.55. The Hall–Kier alpha value is -3.54. The van der Waals surface area contributed by atoms with E-state index in [1.807, 2.05) is 42.7 Å². The molecule has 114 valence electrons. The standard InChI is InChI=1S/C18H12N6/c1-2-12(9-19-6-1)13-3-4-14-17(22-13)18(24-23-14)15-8-11-5-7-20-10-16(11)21-15/h1-10,21H,(H,23,24). The van der Waals surface area contributed by atoms with Crippen molar-refractivity contribution < 1.29 is 0 Å². The van der Waals surface area contributed by atoms with Crippen LogP contribution in [0.5, 0.6) is 0 Å². The maximum atomic E-state index is 4.78. The number of nitrogens with zero attached hydrogens (tertiary/aromatic N) is 4. The second-order valence-corrected chi connectivity index (χ2v) is 5.55. The molecule has 24 heavy (non-hydrogen) atoms. The highest BCUT2D eigenvalue weighted by Crippen LogP contribution is 2.28. The molecule has 0 amide bonds. The lowest BCUT2D eigenvalue weighted by Gasteiger charge is -2.00. The highest BCUT2D eigenvalue weighted by Gasteiger charge is 2.13. The van der Waals surface area contributed by atoms with Gasteiger partial charge in [0.15, 0.2) is 0 Å². The van der Waals surface area contributed by atoms with E-state index in [4.69, 9.17) is 4.98 Å². The molecule has 5 heterocycles. The number of H-pyrrole nitrogens is 2. The van der Waals surface area contributed by atoms with Gasteiger partial charge in [-0.25, -0.2) is 4.98 Å². The normalized spacial score (nSPS) is 11.3. The Balaban J connectivity index is 1.71. The molecule has 5 aromatic heterocycles. The number of fused-ring (bicyclic) bond motifs is 2. The summed E-state index contributed by atoms with van der Waals surface area (Å²) in [5.41, 5.74) is 6.27. The van der Waals surface area contributed by atoms with Gasteiger partial charge in [0.2, 0.25) is 0 Å². The summed E-state index contributed by atoms with van der Waals surface area (Å²) in [6.07, 6.45) is 7.15. The molecule has 0 radical (unpaired) electrons. The van der Waals surface area contributed by atoms with Crippen molar-refractivity contribution in [2.24, 2.45) is 0 Å². The Labute approximate surface area is 136 Å². The average Bonchev–Trinajstić information content (AvgIpc) is 3.25. The number of nitrogens with one attached hydrogen (secondary N) is 2. The fourth-order valence-electron chi connectivity index (χ4n) is 2.86. The number of rotatable bonds is 2. The van der Waals surface area contributed by atoms with E-state index in [1.165, 1.54) is 0 Å². The summed E-state index contributed by atoms with van der Waals surface area (Å²) in [6, 6.07) is 11.9. The van der Waals surface area contributed by atoms with Crippen molar-refractivity contribution in [2.45, 2.75) is 0 Å². The first kappa shape index (κ1) is 13.0. The van der Waals surface area contributed by atoms with Crippen LogP contribution in [0, 0.1) is 0 Å². The molecule has 0 bridgehead atoms. The van der Waals surface area contributed by atoms with Gasteiger partial charge in [0.25, 0.3) is 0 Å². The van der Waals surface area contributed by atoms with Crippen LogP contribution in [0.4, 0.5) is 0 Å². The zero-order valence-electron chi connectivity index (χ0n) is 12.6. The van der Waals surface area contributed by atoms with Gasteiger partial charge in [-0.3, -0.25) is 15.1 Å². The van der Waals surface area contributed by atoms with Crippen LogP contribution in [0.3, 0.4) is 0 Å². The van der Waals surface area contributed by atoms with Crippen LogP contribution in [0.25, 0.3) is 44.6 Å². The molecule has 0 aromatic carbocycles. The van der Waals surface area contributed by atoms with Crippen molar-refractivity contribution in [1.29, 1.82) is 0 Å². The van der Waals surface area contributed by atoms with Crippen molar-refractivity contribution >= 4 is 21.9 Å². The van der Waals surface area contributed by atoms with Crippen molar-refractivity contribution in [3.05, 3.63) is 61.2 Å². The minimum atomic E-state index is 0.798. The first-order valence-corrected chi connectivity index (χ1v) is 7.57. The molecule has 0 atom stereocenters. The minimum absolute atomic E-state index is 0.798. The lowest BCUT2D eigenvalue weighted by atomic mass is 10.1. The number of hydrogen-bond acceptors (Lipinski definition) is 4. The maximum Gasteiger partial charge on any atom is 0.135 e. The zero-order valence-corrected chi connectivity index (χ0v) is 12.6. The predicted octanol–water partition coefficient (Wildman–Crippen LogP) is 3.56. The topological polar surface area (TPSA) is 83.1 Å². The minimum Gasteiger partial charge on any atom is -0.352 e. The van der Waals surface area contributed by atoms with Gasteiger partial charge >= 0.3 is 0 Å². The number of aromatic amines is 2. The lowest BCUT2D eigenvalue weighted by Crippen LogP contribution is -1.86. The quantitative estimate of drug-likeness (QED) is 0.522. The van der Waals surface area contributed by atoms with E-state index in [0.29, 0.717) is 0 Å². The van der Waals surface area contributed by atoms with Gasteiger partial charge in [-0.05, 0) is 36.4 Å². The van der Waals surface area contributed by atoms with E-state index < -0.39 is 0 Å². The summed E-state index contributed by atoms with van der Waals surface area (Å²) in [5.74, 6) is 0. The Morgan fingerprint density at radius 2 is 1.83 bits per heavy atom. The molecule has 6 heteroatoms. The average molecular weight is 312 g/mol. The van der Waals surface area contributed by atoms with Crippen molar-refractivity contribution in [2.75, 3.05) is 0 Å². The van der Waals surface area contributed by atoms with Crippen molar-refractivity contribution in [3.8, 4) is 22.6 Å². The molecule has 0 unspecified atom stereocenters. The summed E-state index contributed by atoms with van der Waals surface area (Å²) in [6.45, 7) is 0. The molecule has 5 aromatic rings. The Morgan fingerprint density at radius 3 is 2.71 bits per heavy atom. The van der Waals surface area contributed by atoms with Gasteiger partial charge in [0.05, 0.1) is 28.6 Å². The van der Waals surface area contributed by atoms with Crippen LogP contribution in [0.1, 0.15) is 0 Å². The maximum absolute atomic E-state index is 4.78. The lowest BCUT2D eigenvalue weighted by molar-refractivity contribution is 1.12. The van der Waals surface area contributed by atoms with E-state index in [-0.39, 0.29) is 0 Å². The number of aromatic nitrogens is 6. The van der Waals surface area contributed by atoms with Crippen molar-refractivity contribution in [1.82, 2.24) is 30.1 Å². The Kier molecular flexibility index (Phi) is 2.69. The molecule has 0 aliphatic rings. The largest absolute Gasteiger partial charge is 0.352 e. The summed E-state index contributed by atoms with van der Waals surface area (Å²) >= 11 is 0. The number of hydrogen-bond donors (Lipinski definition) is 2. The summed E-state index contributed by atoms with van der Waals surface area (Å²) in [5, 5.41) is 8.58. The van der Waals surface area contributed by atoms with E-state index >= 15 is 0 Å². The molecule has 5 rings (SSSR count). The SMILES string of the molecule is c1cncc(-c2ccc3[nH]nc(-c4cc5ccncc5[nH]4)c3n2)c1. The fourth-order valence-corrected chi connectivity index (χ4v) is 2.86. The summed E-state index contributed by atoms with van der Waals surface area (Å²) < 4.78 is 0. The van der Waals surface area contributed by atoms with E-state index in [0.717, 1.165) is 44.6 Å². The van der Waals surface area contributed by atoms with E-state index in [1.54, 1.807) is 12.4 Å². The zero-order chi connectivity index (χ0) is 15.9. The summed E-state index contributed by atoms with van der Waals surface area (Å²) in [7, 11) is 0. The summed E-state index contributed by atoms with van der Waals surface area (Å²) in [4.78, 5) is 16.4. The van der Waals surface area contributed by atoms with E-state index in [2.05, 4.69) is 31.2 Å². The Bertz CT molecular complexity index is 1120. The van der Waals surface area contributed by atoms with E-state index in [9.17, 15) is 0 Å². The van der Waals surface area contributed by atoms with Crippen LogP contribution >= 0.6 is 0 Å². The third kappa shape index (κ3) is 1.97. The molecule has 6 nitrogen and oxygen atoms in total. The van der Waals surface area contributed by atoms with Crippen LogP contribution in [0.15, 0.2) is 61.2 Å². The van der Waals surface area contributed by atoms with Crippen molar-refractivity contribution in [3.63, 3.8) is 0 Å². The molecular weight excluding hydrogens is 300 g/mol. The Morgan fingerprint density at radius 1 is 0.875 bits per heavy atom. The molecule has 0 aliphatic heterocycles. The highest BCUT2D eigenvalue weighted by atomic mass is 15.1. The molecule has 2 N–H and O–H groups in total. The molecule has 0 saturated heterocycles. The highest BCUT2D eigenvalue weighted by molar-refractivity contribution is 5.94. The van der Waals surface area contributed by atoms with Gasteiger partial charge in [0.1, 0.15) is 11.2 Å². The third-order valence-corrected chi connectivity index (χ3v) is 4.04.